The van der Waals surface area contributed by atoms with Crippen molar-refractivity contribution >= 4 is 11.9 Å². The highest BCUT2D eigenvalue weighted by Gasteiger charge is 2.17. The van der Waals surface area contributed by atoms with Gasteiger partial charge in [-0.15, -0.1) is 0 Å². The average molecular weight is 289 g/mol. The Labute approximate surface area is 125 Å². The van der Waals surface area contributed by atoms with E-state index < -0.39 is 0 Å². The molecule has 0 bridgehead atoms. The van der Waals surface area contributed by atoms with E-state index in [9.17, 15) is 9.59 Å². The summed E-state index contributed by atoms with van der Waals surface area (Å²) in [6.07, 6.45) is 5.21. The Hall–Kier alpha value is -2.04. The smallest absolute Gasteiger partial charge is 0.315 e. The number of benzene rings is 1. The maximum atomic E-state index is 11.6. The molecule has 0 aromatic heterocycles. The second kappa shape index (κ2) is 8.29. The van der Waals surface area contributed by atoms with Crippen LogP contribution in [0.25, 0.3) is 0 Å². The van der Waals surface area contributed by atoms with E-state index in [0.717, 1.165) is 19.3 Å². The number of hydrogen-bond acceptors (Lipinski definition) is 2. The first kappa shape index (κ1) is 15.4. The summed E-state index contributed by atoms with van der Waals surface area (Å²) in [7, 11) is 0. The monoisotopic (exact) mass is 289 g/mol. The van der Waals surface area contributed by atoms with Gasteiger partial charge >= 0.3 is 6.03 Å². The molecule has 5 nitrogen and oxygen atoms in total. The van der Waals surface area contributed by atoms with Crippen molar-refractivity contribution < 1.29 is 9.59 Å². The highest BCUT2D eigenvalue weighted by molar-refractivity contribution is 5.83. The maximum absolute atomic E-state index is 11.6. The molecule has 1 saturated carbocycles. The Balaban J connectivity index is 1.55. The molecule has 0 radical (unpaired) electrons. The van der Waals surface area contributed by atoms with Gasteiger partial charge in [0.1, 0.15) is 0 Å². The molecule has 3 amide bonds. The molecule has 114 valence electrons. The molecule has 5 heteroatoms. The quantitative estimate of drug-likeness (QED) is 0.744. The summed E-state index contributed by atoms with van der Waals surface area (Å²) in [5.74, 6) is -0.160. The third kappa shape index (κ3) is 5.85. The lowest BCUT2D eigenvalue weighted by Crippen LogP contribution is -2.45. The van der Waals surface area contributed by atoms with Crippen LogP contribution in [0.15, 0.2) is 30.3 Å². The molecule has 0 heterocycles. The van der Waals surface area contributed by atoms with Crippen molar-refractivity contribution in [2.75, 3.05) is 13.1 Å². The van der Waals surface area contributed by atoms with Gasteiger partial charge in [-0.25, -0.2) is 4.79 Å². The van der Waals surface area contributed by atoms with E-state index in [1.807, 2.05) is 30.3 Å². The lowest BCUT2D eigenvalue weighted by Gasteiger charge is -2.12. The van der Waals surface area contributed by atoms with Gasteiger partial charge in [-0.05, 0) is 24.8 Å². The number of amides is 3. The van der Waals surface area contributed by atoms with Crippen molar-refractivity contribution in [3.63, 3.8) is 0 Å². The van der Waals surface area contributed by atoms with Gasteiger partial charge in [0.05, 0.1) is 6.54 Å². The zero-order valence-electron chi connectivity index (χ0n) is 12.2. The van der Waals surface area contributed by atoms with Crippen LogP contribution >= 0.6 is 0 Å². The van der Waals surface area contributed by atoms with E-state index in [0.29, 0.717) is 6.54 Å². The fourth-order valence-electron chi connectivity index (χ4n) is 2.52. The molecule has 1 aromatic rings. The Kier molecular flexibility index (Phi) is 6.06. The molecule has 21 heavy (non-hydrogen) atoms. The Bertz CT molecular complexity index is 456. The van der Waals surface area contributed by atoms with E-state index >= 15 is 0 Å². The van der Waals surface area contributed by atoms with E-state index in [4.69, 9.17) is 0 Å². The predicted molar refractivity (Wildman–Crippen MR) is 81.9 cm³/mol. The maximum Gasteiger partial charge on any atom is 0.315 e. The van der Waals surface area contributed by atoms with Crippen LogP contribution in [0.2, 0.25) is 0 Å². The van der Waals surface area contributed by atoms with Gasteiger partial charge in [0, 0.05) is 12.6 Å². The van der Waals surface area contributed by atoms with Crippen LogP contribution < -0.4 is 16.0 Å². The number of carbonyl (C=O) groups is 2. The summed E-state index contributed by atoms with van der Waals surface area (Å²) in [6.45, 7) is 0.599. The zero-order valence-corrected chi connectivity index (χ0v) is 12.2. The molecule has 1 fully saturated rings. The normalized spacial score (nSPS) is 14.7. The highest BCUT2D eigenvalue weighted by atomic mass is 16.2. The molecular formula is C16H23N3O2. The van der Waals surface area contributed by atoms with Crippen molar-refractivity contribution in [3.8, 4) is 0 Å². The first-order valence-electron chi connectivity index (χ1n) is 7.59. The van der Waals surface area contributed by atoms with Gasteiger partial charge < -0.3 is 16.0 Å². The largest absolute Gasteiger partial charge is 0.354 e. The Morgan fingerprint density at radius 3 is 2.48 bits per heavy atom. The van der Waals surface area contributed by atoms with Crippen molar-refractivity contribution in [2.45, 2.75) is 38.1 Å². The number of urea groups is 1. The second-order valence-corrected chi connectivity index (χ2v) is 5.39. The summed E-state index contributed by atoms with van der Waals surface area (Å²) in [6, 6.07) is 10.00. The first-order chi connectivity index (χ1) is 10.2. The fourth-order valence-corrected chi connectivity index (χ4v) is 2.52. The van der Waals surface area contributed by atoms with Gasteiger partial charge in [0.15, 0.2) is 0 Å². The van der Waals surface area contributed by atoms with Gasteiger partial charge in [0.2, 0.25) is 5.91 Å². The highest BCUT2D eigenvalue weighted by Crippen LogP contribution is 2.17. The van der Waals surface area contributed by atoms with E-state index in [1.54, 1.807) is 0 Å². The molecule has 3 N–H and O–H groups in total. The zero-order chi connectivity index (χ0) is 14.9. The van der Waals surface area contributed by atoms with Gasteiger partial charge in [-0.1, -0.05) is 43.2 Å². The minimum absolute atomic E-state index is 0.0212. The summed E-state index contributed by atoms with van der Waals surface area (Å²) >= 11 is 0. The molecule has 0 spiro atoms. The molecule has 2 rings (SSSR count). The van der Waals surface area contributed by atoms with Gasteiger partial charge in [0.25, 0.3) is 0 Å². The fraction of sp³-hybridized carbons (Fsp3) is 0.500. The molecule has 1 aliphatic rings. The summed E-state index contributed by atoms with van der Waals surface area (Å²) in [5.41, 5.74) is 1.18. The standard InChI is InChI=1S/C16H23N3O2/c20-15(17-11-10-13-6-2-1-3-7-13)12-18-16(21)19-14-8-4-5-9-14/h1-3,6-7,14H,4-5,8-12H2,(H,17,20)(H2,18,19,21). The molecule has 0 aliphatic heterocycles. The van der Waals surface area contributed by atoms with Crippen LogP contribution in [0.5, 0.6) is 0 Å². The van der Waals surface area contributed by atoms with Crippen LogP contribution in [-0.4, -0.2) is 31.1 Å². The molecular weight excluding hydrogens is 266 g/mol. The molecule has 0 atom stereocenters. The van der Waals surface area contributed by atoms with E-state index in [2.05, 4.69) is 16.0 Å². The van der Waals surface area contributed by atoms with Crippen molar-refractivity contribution in [1.82, 2.24) is 16.0 Å². The van der Waals surface area contributed by atoms with E-state index in [1.165, 1.54) is 18.4 Å². The lowest BCUT2D eigenvalue weighted by molar-refractivity contribution is -0.120. The van der Waals surface area contributed by atoms with Crippen molar-refractivity contribution in [2.24, 2.45) is 0 Å². The summed E-state index contributed by atoms with van der Waals surface area (Å²) in [5, 5.41) is 8.28. The van der Waals surface area contributed by atoms with Crippen LogP contribution in [0.4, 0.5) is 4.79 Å². The van der Waals surface area contributed by atoms with Gasteiger partial charge in [-0.3, -0.25) is 4.79 Å². The minimum atomic E-state index is -0.250. The van der Waals surface area contributed by atoms with Crippen molar-refractivity contribution in [3.05, 3.63) is 35.9 Å². The summed E-state index contributed by atoms with van der Waals surface area (Å²) in [4.78, 5) is 23.2. The lowest BCUT2D eigenvalue weighted by atomic mass is 10.1. The van der Waals surface area contributed by atoms with Gasteiger partial charge in [-0.2, -0.15) is 0 Å². The van der Waals surface area contributed by atoms with Crippen LogP contribution in [-0.2, 0) is 11.2 Å². The van der Waals surface area contributed by atoms with Crippen LogP contribution in [0, 0.1) is 0 Å². The summed E-state index contributed by atoms with van der Waals surface area (Å²) < 4.78 is 0. The first-order valence-corrected chi connectivity index (χ1v) is 7.59. The number of hydrogen-bond donors (Lipinski definition) is 3. The van der Waals surface area contributed by atoms with E-state index in [-0.39, 0.29) is 24.5 Å². The molecule has 1 aromatic carbocycles. The molecule has 1 aliphatic carbocycles. The average Bonchev–Trinajstić information content (AvgIpc) is 2.99. The second-order valence-electron chi connectivity index (χ2n) is 5.39. The minimum Gasteiger partial charge on any atom is -0.354 e. The van der Waals surface area contributed by atoms with Crippen LogP contribution in [0.1, 0.15) is 31.2 Å². The third-order valence-corrected chi connectivity index (χ3v) is 3.68. The molecule has 0 saturated heterocycles. The van der Waals surface area contributed by atoms with Crippen LogP contribution in [0.3, 0.4) is 0 Å². The predicted octanol–water partition coefficient (Wildman–Crippen LogP) is 1.59. The number of carbonyl (C=O) groups excluding carboxylic acids is 2. The third-order valence-electron chi connectivity index (χ3n) is 3.68. The number of rotatable bonds is 6. The Morgan fingerprint density at radius 2 is 1.76 bits per heavy atom. The SMILES string of the molecule is O=C(CNC(=O)NC1CCCC1)NCCc1ccccc1. The molecule has 0 unspecified atom stereocenters. The number of nitrogens with one attached hydrogen (secondary N) is 3. The Morgan fingerprint density at radius 1 is 1.05 bits per heavy atom. The topological polar surface area (TPSA) is 70.2 Å². The van der Waals surface area contributed by atoms with Crippen molar-refractivity contribution in [1.29, 1.82) is 0 Å².